The number of hydrogen-bond donors (Lipinski definition) is 0. The average Bonchev–Trinajstić information content (AvgIpc) is 2.81. The third-order valence-electron chi connectivity index (χ3n) is 5.51. The van der Waals surface area contributed by atoms with Gasteiger partial charge >= 0.3 is 0 Å². The van der Waals surface area contributed by atoms with Gasteiger partial charge in [0, 0.05) is 12.0 Å². The maximum atomic E-state index is 12.1. The van der Waals surface area contributed by atoms with Crippen molar-refractivity contribution in [3.8, 4) is 0 Å². The van der Waals surface area contributed by atoms with Crippen molar-refractivity contribution in [2.75, 3.05) is 0 Å². The monoisotopic (exact) mass is 282 g/mol. The lowest BCUT2D eigenvalue weighted by Crippen LogP contribution is -2.34. The van der Waals surface area contributed by atoms with Crippen LogP contribution in [0.5, 0.6) is 0 Å². The average molecular weight is 282 g/mol. The van der Waals surface area contributed by atoms with E-state index in [2.05, 4.69) is 52.8 Å². The summed E-state index contributed by atoms with van der Waals surface area (Å²) in [5.41, 5.74) is 6.74. The number of carbonyl (C=O) groups excluding carboxylic acids is 1. The molecule has 0 bridgehead atoms. The molecule has 0 aliphatic heterocycles. The predicted octanol–water partition coefficient (Wildman–Crippen LogP) is 5.09. The zero-order chi connectivity index (χ0) is 15.4. The van der Waals surface area contributed by atoms with Crippen LogP contribution in [0.3, 0.4) is 0 Å². The normalized spacial score (nSPS) is 22.9. The Bertz CT molecular complexity index is 644. The van der Waals surface area contributed by atoms with Crippen LogP contribution in [0.25, 0.3) is 5.57 Å². The molecule has 0 fully saturated rings. The zero-order valence-corrected chi connectivity index (χ0v) is 14.0. The summed E-state index contributed by atoms with van der Waals surface area (Å²) in [4.78, 5) is 12.1. The Kier molecular flexibility index (Phi) is 3.16. The van der Waals surface area contributed by atoms with Gasteiger partial charge in [-0.2, -0.15) is 0 Å². The maximum absolute atomic E-state index is 12.1. The number of Topliss-reactive ketones (excluding diaryl/α,β-unsaturated/α-hetero) is 1. The lowest BCUT2D eigenvalue weighted by atomic mass is 9.62. The van der Waals surface area contributed by atoms with E-state index >= 15 is 0 Å². The number of allylic oxidation sites excluding steroid dienone is 2. The molecule has 0 atom stereocenters. The molecular weight excluding hydrogens is 256 g/mol. The first-order chi connectivity index (χ1) is 9.72. The number of benzene rings is 1. The van der Waals surface area contributed by atoms with Crippen LogP contribution in [0, 0.1) is 6.92 Å². The summed E-state index contributed by atoms with van der Waals surface area (Å²) in [7, 11) is 0. The standard InChI is InChI=1S/C20H26O/c1-13-11-16-17(20(4,5)10-9-19(16,2)3)12-15(13)14-7-6-8-18(14)21/h7,11-12H,6,8-10H2,1-5H3. The van der Waals surface area contributed by atoms with Crippen molar-refractivity contribution in [2.24, 2.45) is 0 Å². The fourth-order valence-electron chi connectivity index (χ4n) is 3.87. The first-order valence-electron chi connectivity index (χ1n) is 8.12. The van der Waals surface area contributed by atoms with Gasteiger partial charge in [0.25, 0.3) is 0 Å². The van der Waals surface area contributed by atoms with Crippen molar-refractivity contribution in [1.82, 2.24) is 0 Å². The molecule has 0 saturated heterocycles. The number of carbonyl (C=O) groups is 1. The summed E-state index contributed by atoms with van der Waals surface area (Å²) in [5.74, 6) is 0.311. The molecule has 0 saturated carbocycles. The molecule has 1 aromatic carbocycles. The van der Waals surface area contributed by atoms with Gasteiger partial charge in [-0.25, -0.2) is 0 Å². The van der Waals surface area contributed by atoms with E-state index in [4.69, 9.17) is 0 Å². The highest BCUT2D eigenvalue weighted by Gasteiger charge is 2.37. The molecule has 112 valence electrons. The summed E-state index contributed by atoms with van der Waals surface area (Å²) in [5, 5.41) is 0. The van der Waals surface area contributed by atoms with Gasteiger partial charge in [0.1, 0.15) is 0 Å². The fourth-order valence-corrected chi connectivity index (χ4v) is 3.87. The van der Waals surface area contributed by atoms with Crippen LogP contribution in [0.1, 0.15) is 75.6 Å². The molecule has 0 unspecified atom stereocenters. The van der Waals surface area contributed by atoms with Crippen LogP contribution in [-0.2, 0) is 15.6 Å². The number of fused-ring (bicyclic) bond motifs is 1. The van der Waals surface area contributed by atoms with Gasteiger partial charge in [0.05, 0.1) is 0 Å². The number of rotatable bonds is 1. The second-order valence-corrected chi connectivity index (χ2v) is 8.06. The second-order valence-electron chi connectivity index (χ2n) is 8.06. The highest BCUT2D eigenvalue weighted by molar-refractivity contribution is 6.23. The largest absolute Gasteiger partial charge is 0.294 e. The van der Waals surface area contributed by atoms with Gasteiger partial charge in [-0.15, -0.1) is 0 Å². The van der Waals surface area contributed by atoms with E-state index in [0.29, 0.717) is 12.2 Å². The van der Waals surface area contributed by atoms with Crippen LogP contribution < -0.4 is 0 Å². The molecule has 1 heteroatoms. The highest BCUT2D eigenvalue weighted by atomic mass is 16.1. The molecule has 2 aliphatic rings. The highest BCUT2D eigenvalue weighted by Crippen LogP contribution is 2.47. The summed E-state index contributed by atoms with van der Waals surface area (Å²) < 4.78 is 0. The van der Waals surface area contributed by atoms with Crippen LogP contribution in [0.15, 0.2) is 18.2 Å². The summed E-state index contributed by atoms with van der Waals surface area (Å²) in [6.45, 7) is 11.5. The first-order valence-corrected chi connectivity index (χ1v) is 8.12. The van der Waals surface area contributed by atoms with Crippen LogP contribution >= 0.6 is 0 Å². The molecule has 2 aliphatic carbocycles. The number of hydrogen-bond acceptors (Lipinski definition) is 1. The van der Waals surface area contributed by atoms with Crippen molar-refractivity contribution in [2.45, 2.75) is 71.1 Å². The van der Waals surface area contributed by atoms with Crippen molar-refractivity contribution in [3.05, 3.63) is 40.5 Å². The zero-order valence-electron chi connectivity index (χ0n) is 14.0. The Balaban J connectivity index is 2.22. The molecule has 0 N–H and O–H groups in total. The lowest BCUT2D eigenvalue weighted by molar-refractivity contribution is -0.113. The molecule has 1 aromatic rings. The fraction of sp³-hybridized carbons (Fsp3) is 0.550. The Hall–Kier alpha value is -1.37. The third kappa shape index (κ3) is 2.27. The molecule has 1 nitrogen and oxygen atoms in total. The molecule has 0 aromatic heterocycles. The van der Waals surface area contributed by atoms with E-state index in [1.54, 1.807) is 0 Å². The maximum Gasteiger partial charge on any atom is 0.163 e. The number of ketones is 1. The minimum Gasteiger partial charge on any atom is -0.294 e. The molecule has 0 heterocycles. The van der Waals surface area contributed by atoms with E-state index in [1.165, 1.54) is 35.1 Å². The van der Waals surface area contributed by atoms with Crippen molar-refractivity contribution >= 4 is 11.4 Å². The Morgan fingerprint density at radius 1 is 0.952 bits per heavy atom. The van der Waals surface area contributed by atoms with Gasteiger partial charge in [0.15, 0.2) is 5.78 Å². The third-order valence-corrected chi connectivity index (χ3v) is 5.51. The number of aryl methyl sites for hydroxylation is 1. The molecule has 21 heavy (non-hydrogen) atoms. The van der Waals surface area contributed by atoms with Gasteiger partial charge in [-0.05, 0) is 65.3 Å². The molecule has 3 rings (SSSR count). The molecule has 0 spiro atoms. The van der Waals surface area contributed by atoms with E-state index < -0.39 is 0 Å². The van der Waals surface area contributed by atoms with Crippen molar-refractivity contribution < 1.29 is 4.79 Å². The summed E-state index contributed by atoms with van der Waals surface area (Å²) in [6.07, 6.45) is 6.15. The van der Waals surface area contributed by atoms with Gasteiger partial charge in [-0.1, -0.05) is 39.8 Å². The Morgan fingerprint density at radius 2 is 1.52 bits per heavy atom. The van der Waals surface area contributed by atoms with Crippen LogP contribution in [0.2, 0.25) is 0 Å². The van der Waals surface area contributed by atoms with E-state index in [9.17, 15) is 4.79 Å². The van der Waals surface area contributed by atoms with Crippen molar-refractivity contribution in [1.29, 1.82) is 0 Å². The van der Waals surface area contributed by atoms with E-state index in [-0.39, 0.29) is 10.8 Å². The van der Waals surface area contributed by atoms with Gasteiger partial charge in [-0.3, -0.25) is 4.79 Å². The molecular formula is C20H26O. The topological polar surface area (TPSA) is 17.1 Å². The summed E-state index contributed by atoms with van der Waals surface area (Å²) in [6, 6.07) is 4.67. The lowest BCUT2D eigenvalue weighted by Gasteiger charge is -2.42. The first kappa shape index (κ1) is 14.6. The van der Waals surface area contributed by atoms with Crippen molar-refractivity contribution in [3.63, 3.8) is 0 Å². The van der Waals surface area contributed by atoms with Gasteiger partial charge in [0.2, 0.25) is 0 Å². The predicted molar refractivity (Wildman–Crippen MR) is 88.7 cm³/mol. The smallest absolute Gasteiger partial charge is 0.163 e. The quantitative estimate of drug-likeness (QED) is 0.701. The van der Waals surface area contributed by atoms with Crippen LogP contribution in [-0.4, -0.2) is 5.78 Å². The minimum absolute atomic E-state index is 0.204. The second kappa shape index (κ2) is 4.56. The Labute approximate surface area is 128 Å². The SMILES string of the molecule is Cc1cc2c(cc1C1=CCCC1=O)C(C)(C)CCC2(C)C. The Morgan fingerprint density at radius 3 is 2.05 bits per heavy atom. The van der Waals surface area contributed by atoms with Gasteiger partial charge < -0.3 is 0 Å². The van der Waals surface area contributed by atoms with E-state index in [0.717, 1.165) is 12.0 Å². The summed E-state index contributed by atoms with van der Waals surface area (Å²) >= 11 is 0. The minimum atomic E-state index is 0.204. The van der Waals surface area contributed by atoms with Crippen LogP contribution in [0.4, 0.5) is 0 Å². The molecule has 0 amide bonds. The van der Waals surface area contributed by atoms with E-state index in [1.807, 2.05) is 0 Å². The molecule has 0 radical (unpaired) electrons.